The van der Waals surface area contributed by atoms with Crippen LogP contribution >= 0.6 is 0 Å². The lowest BCUT2D eigenvalue weighted by molar-refractivity contribution is -0.0234. The van der Waals surface area contributed by atoms with Crippen LogP contribution in [0.4, 0.5) is 0 Å². The fraction of sp³-hybridized carbons (Fsp3) is 1.00. The quantitative estimate of drug-likeness (QED) is 0.370. The van der Waals surface area contributed by atoms with Crippen molar-refractivity contribution in [3.63, 3.8) is 0 Å². The first-order valence-electron chi connectivity index (χ1n) is 3.93. The summed E-state index contributed by atoms with van der Waals surface area (Å²) >= 11 is 0. The number of aliphatic hydroxyl groups excluding tert-OH is 3. The van der Waals surface area contributed by atoms with E-state index in [0.717, 1.165) is 6.54 Å². The molecule has 1 aliphatic rings. The first kappa shape index (κ1) is 8.93. The Bertz CT molecular complexity index is 120. The van der Waals surface area contributed by atoms with E-state index in [9.17, 15) is 10.2 Å². The Hall–Kier alpha value is -0.160. The zero-order valence-corrected chi connectivity index (χ0v) is 6.40. The molecule has 0 amide bonds. The molecule has 66 valence electrons. The van der Waals surface area contributed by atoms with Gasteiger partial charge in [0.1, 0.15) is 0 Å². The van der Waals surface area contributed by atoms with E-state index in [2.05, 4.69) is 5.32 Å². The molecule has 0 unspecified atom stereocenters. The lowest BCUT2D eigenvalue weighted by Crippen LogP contribution is -2.37. The van der Waals surface area contributed by atoms with Crippen LogP contribution in [-0.2, 0) is 0 Å². The van der Waals surface area contributed by atoms with E-state index in [0.29, 0.717) is 13.0 Å². The van der Waals surface area contributed by atoms with Crippen LogP contribution in [0.1, 0.15) is 6.42 Å². The second kappa shape index (κ2) is 4.01. The summed E-state index contributed by atoms with van der Waals surface area (Å²) in [6, 6.07) is 0. The van der Waals surface area contributed by atoms with Crippen molar-refractivity contribution >= 4 is 0 Å². The largest absolute Gasteiger partial charge is 0.396 e. The number of nitrogens with one attached hydrogen (secondary N) is 1. The van der Waals surface area contributed by atoms with Crippen LogP contribution in [-0.4, -0.2) is 47.2 Å². The molecular weight excluding hydrogens is 146 g/mol. The molecule has 0 spiro atoms. The van der Waals surface area contributed by atoms with Crippen molar-refractivity contribution in [1.82, 2.24) is 5.32 Å². The minimum Gasteiger partial charge on any atom is -0.396 e. The molecule has 1 aliphatic heterocycles. The summed E-state index contributed by atoms with van der Waals surface area (Å²) in [6.07, 6.45) is -0.806. The molecule has 1 saturated heterocycles. The maximum atomic E-state index is 9.37. The van der Waals surface area contributed by atoms with Crippen molar-refractivity contribution in [1.29, 1.82) is 0 Å². The molecule has 0 aromatic heterocycles. The number of β-amino-alcohol motifs (C(OH)–C–C–N with tert-alkyl or cyclic N) is 1. The average Bonchev–Trinajstić information content (AvgIpc) is 2.16. The van der Waals surface area contributed by atoms with E-state index in [4.69, 9.17) is 5.11 Å². The van der Waals surface area contributed by atoms with Gasteiger partial charge in [0, 0.05) is 19.1 Å². The van der Waals surface area contributed by atoms with Crippen molar-refractivity contribution in [2.45, 2.75) is 18.6 Å². The summed E-state index contributed by atoms with van der Waals surface area (Å²) in [4.78, 5) is 0. The highest BCUT2D eigenvalue weighted by Crippen LogP contribution is 2.13. The summed E-state index contributed by atoms with van der Waals surface area (Å²) in [6.45, 7) is 1.11. The summed E-state index contributed by atoms with van der Waals surface area (Å²) in [5.74, 6) is -0.181. The maximum absolute atomic E-state index is 9.37. The maximum Gasteiger partial charge on any atom is 0.0926 e. The molecule has 4 nitrogen and oxygen atoms in total. The molecule has 0 aliphatic carbocycles. The Morgan fingerprint density at radius 2 is 2.09 bits per heavy atom. The van der Waals surface area contributed by atoms with Crippen molar-refractivity contribution in [3.8, 4) is 0 Å². The van der Waals surface area contributed by atoms with E-state index >= 15 is 0 Å². The first-order chi connectivity index (χ1) is 5.25. The lowest BCUT2D eigenvalue weighted by atomic mass is 9.97. The monoisotopic (exact) mass is 161 g/mol. The second-order valence-corrected chi connectivity index (χ2v) is 2.99. The zero-order valence-electron chi connectivity index (χ0n) is 6.40. The molecule has 1 fully saturated rings. The third-order valence-electron chi connectivity index (χ3n) is 2.16. The topological polar surface area (TPSA) is 72.7 Å². The van der Waals surface area contributed by atoms with Gasteiger partial charge in [-0.15, -0.1) is 0 Å². The Morgan fingerprint density at radius 1 is 1.36 bits per heavy atom. The van der Waals surface area contributed by atoms with Gasteiger partial charge in [-0.3, -0.25) is 0 Å². The highest BCUT2D eigenvalue weighted by molar-refractivity contribution is 4.80. The van der Waals surface area contributed by atoms with E-state index in [1.807, 2.05) is 0 Å². The third kappa shape index (κ3) is 2.13. The van der Waals surface area contributed by atoms with Crippen LogP contribution in [0.2, 0.25) is 0 Å². The molecule has 1 rings (SSSR count). The Balaban J connectivity index is 2.49. The van der Waals surface area contributed by atoms with E-state index in [-0.39, 0.29) is 12.5 Å². The van der Waals surface area contributed by atoms with Crippen LogP contribution in [0, 0.1) is 5.92 Å². The van der Waals surface area contributed by atoms with Crippen LogP contribution in [0.25, 0.3) is 0 Å². The molecule has 3 atom stereocenters. The predicted molar refractivity (Wildman–Crippen MR) is 40.1 cm³/mol. The van der Waals surface area contributed by atoms with Gasteiger partial charge in [-0.2, -0.15) is 0 Å². The number of aliphatic hydroxyl groups is 3. The molecule has 0 aromatic rings. The highest BCUT2D eigenvalue weighted by atomic mass is 16.3. The number of hydrogen-bond donors (Lipinski definition) is 4. The second-order valence-electron chi connectivity index (χ2n) is 2.99. The molecule has 0 radical (unpaired) electrons. The zero-order chi connectivity index (χ0) is 8.27. The number of hydrogen-bond acceptors (Lipinski definition) is 4. The first-order valence-corrected chi connectivity index (χ1v) is 3.93. The summed E-state index contributed by atoms with van der Waals surface area (Å²) in [5, 5.41) is 30.4. The predicted octanol–water partition coefficient (Wildman–Crippen LogP) is -1.69. The smallest absolute Gasteiger partial charge is 0.0926 e. The van der Waals surface area contributed by atoms with Crippen molar-refractivity contribution < 1.29 is 15.3 Å². The van der Waals surface area contributed by atoms with Crippen LogP contribution in [0.5, 0.6) is 0 Å². The van der Waals surface area contributed by atoms with Crippen molar-refractivity contribution in [3.05, 3.63) is 0 Å². The van der Waals surface area contributed by atoms with Gasteiger partial charge in [-0.05, 0) is 13.0 Å². The molecule has 4 heteroatoms. The van der Waals surface area contributed by atoms with Crippen LogP contribution < -0.4 is 5.32 Å². The molecule has 4 N–H and O–H groups in total. The van der Waals surface area contributed by atoms with E-state index in [1.54, 1.807) is 0 Å². The van der Waals surface area contributed by atoms with Crippen LogP contribution in [0.3, 0.4) is 0 Å². The Labute approximate surface area is 65.9 Å². The number of rotatable bonds is 1. The summed E-state index contributed by atoms with van der Waals surface area (Å²) in [5.41, 5.74) is 0. The standard InChI is InChI=1S/C7H15NO3/c9-4-5-1-2-8-3-6(10)7(5)11/h5-11H,1-4H2/t5-,6-,7+/m1/s1. The van der Waals surface area contributed by atoms with Gasteiger partial charge in [0.25, 0.3) is 0 Å². The molecule has 0 saturated carbocycles. The molecule has 1 heterocycles. The summed E-state index contributed by atoms with van der Waals surface area (Å²) in [7, 11) is 0. The fourth-order valence-corrected chi connectivity index (χ4v) is 1.34. The SMILES string of the molecule is OC[C@H]1CCNC[C@@H](O)[C@H]1O. The van der Waals surface area contributed by atoms with Gasteiger partial charge in [0.2, 0.25) is 0 Å². The van der Waals surface area contributed by atoms with E-state index in [1.165, 1.54) is 0 Å². The van der Waals surface area contributed by atoms with Gasteiger partial charge < -0.3 is 20.6 Å². The van der Waals surface area contributed by atoms with Crippen molar-refractivity contribution in [2.75, 3.05) is 19.7 Å². The average molecular weight is 161 g/mol. The van der Waals surface area contributed by atoms with Crippen molar-refractivity contribution in [2.24, 2.45) is 5.92 Å². The molecular formula is C7H15NO3. The third-order valence-corrected chi connectivity index (χ3v) is 2.16. The Morgan fingerprint density at radius 3 is 2.73 bits per heavy atom. The summed E-state index contributed by atoms with van der Waals surface area (Å²) < 4.78 is 0. The lowest BCUT2D eigenvalue weighted by Gasteiger charge is -2.20. The van der Waals surface area contributed by atoms with Crippen LogP contribution in [0.15, 0.2) is 0 Å². The minimum absolute atomic E-state index is 0.0556. The van der Waals surface area contributed by atoms with Gasteiger partial charge in [-0.25, -0.2) is 0 Å². The molecule has 0 aromatic carbocycles. The normalized spacial score (nSPS) is 40.1. The van der Waals surface area contributed by atoms with Gasteiger partial charge in [0.05, 0.1) is 12.2 Å². The van der Waals surface area contributed by atoms with Gasteiger partial charge >= 0.3 is 0 Å². The highest BCUT2D eigenvalue weighted by Gasteiger charge is 2.27. The molecule has 0 bridgehead atoms. The fourth-order valence-electron chi connectivity index (χ4n) is 1.34. The van der Waals surface area contributed by atoms with Gasteiger partial charge in [0.15, 0.2) is 0 Å². The van der Waals surface area contributed by atoms with E-state index < -0.39 is 12.2 Å². The Kier molecular flexibility index (Phi) is 3.26. The minimum atomic E-state index is -0.782. The van der Waals surface area contributed by atoms with Gasteiger partial charge in [-0.1, -0.05) is 0 Å². The molecule has 11 heavy (non-hydrogen) atoms.